The third-order valence-electron chi connectivity index (χ3n) is 5.38. The molecule has 0 fully saturated rings. The van der Waals surface area contributed by atoms with Gasteiger partial charge in [-0.3, -0.25) is 9.89 Å². The number of H-pyrrole nitrogens is 1. The van der Waals surface area contributed by atoms with Crippen molar-refractivity contribution in [1.82, 2.24) is 25.4 Å². The predicted octanol–water partition coefficient (Wildman–Crippen LogP) is 4.35. The number of hydrazone groups is 1. The molecule has 0 aliphatic heterocycles. The van der Waals surface area contributed by atoms with E-state index in [-0.39, 0.29) is 5.91 Å². The molecule has 0 unspecified atom stereocenters. The van der Waals surface area contributed by atoms with Crippen molar-refractivity contribution in [3.05, 3.63) is 82.8 Å². The molecule has 1 amide bonds. The topological polar surface area (TPSA) is 97.2 Å². The van der Waals surface area contributed by atoms with Crippen LogP contribution in [0.4, 0.5) is 0 Å². The normalized spacial score (nSPS) is 11.2. The van der Waals surface area contributed by atoms with Crippen molar-refractivity contribution in [2.45, 2.75) is 27.7 Å². The van der Waals surface area contributed by atoms with Gasteiger partial charge in [0, 0.05) is 16.7 Å². The van der Waals surface area contributed by atoms with Gasteiger partial charge in [-0.15, -0.1) is 0 Å². The number of aromatic nitrogens is 4. The number of carbonyl (C=O) groups is 1. The van der Waals surface area contributed by atoms with Crippen molar-refractivity contribution in [2.24, 2.45) is 5.10 Å². The van der Waals surface area contributed by atoms with Gasteiger partial charge >= 0.3 is 0 Å². The zero-order valence-electron chi connectivity index (χ0n) is 19.1. The second-order valence-electron chi connectivity index (χ2n) is 7.56. The molecule has 168 valence electrons. The summed E-state index contributed by atoms with van der Waals surface area (Å²) in [6.45, 7) is 8.29. The highest BCUT2D eigenvalue weighted by Gasteiger charge is 2.17. The number of amides is 1. The van der Waals surface area contributed by atoms with Gasteiger partial charge in [0.15, 0.2) is 0 Å². The lowest BCUT2D eigenvalue weighted by Gasteiger charge is -2.04. The lowest BCUT2D eigenvalue weighted by molar-refractivity contribution is 0.0949. The molecule has 0 radical (unpaired) electrons. The number of aromatic amines is 1. The second kappa shape index (κ2) is 9.52. The van der Waals surface area contributed by atoms with Gasteiger partial charge in [0.05, 0.1) is 35.6 Å². The molecule has 0 bridgehead atoms. The van der Waals surface area contributed by atoms with E-state index in [1.165, 1.54) is 0 Å². The van der Waals surface area contributed by atoms with Crippen LogP contribution in [0.1, 0.15) is 39.9 Å². The fourth-order valence-electron chi connectivity index (χ4n) is 3.65. The molecule has 4 rings (SSSR count). The van der Waals surface area contributed by atoms with Crippen molar-refractivity contribution in [3.63, 3.8) is 0 Å². The van der Waals surface area contributed by atoms with E-state index in [1.54, 1.807) is 6.21 Å². The van der Waals surface area contributed by atoms with E-state index in [0.717, 1.165) is 39.5 Å². The summed E-state index contributed by atoms with van der Waals surface area (Å²) in [6.07, 6.45) is 1.62. The minimum Gasteiger partial charge on any atom is -0.494 e. The number of benzene rings is 2. The second-order valence-corrected chi connectivity index (χ2v) is 7.56. The number of nitrogens with zero attached hydrogens (tertiary/aromatic N) is 4. The summed E-state index contributed by atoms with van der Waals surface area (Å²) in [4.78, 5) is 12.7. The molecule has 0 aliphatic carbocycles. The fraction of sp³-hybridized carbons (Fsp3) is 0.200. The number of rotatable bonds is 7. The molecule has 8 heteroatoms. The Balaban J connectivity index is 1.48. The number of carbonyl (C=O) groups excluding carboxylic acids is 1. The molecular weight excluding hydrogens is 416 g/mol. The Morgan fingerprint density at radius 3 is 2.55 bits per heavy atom. The smallest absolute Gasteiger partial charge is 0.289 e. The van der Waals surface area contributed by atoms with E-state index >= 15 is 0 Å². The monoisotopic (exact) mass is 442 g/mol. The highest BCUT2D eigenvalue weighted by atomic mass is 16.5. The Bertz CT molecular complexity index is 1290. The van der Waals surface area contributed by atoms with Gasteiger partial charge in [-0.25, -0.2) is 10.1 Å². The lowest BCUT2D eigenvalue weighted by Crippen LogP contribution is -2.19. The zero-order valence-corrected chi connectivity index (χ0v) is 19.1. The van der Waals surface area contributed by atoms with Crippen LogP contribution >= 0.6 is 0 Å². The van der Waals surface area contributed by atoms with Crippen LogP contribution in [0.3, 0.4) is 0 Å². The van der Waals surface area contributed by atoms with E-state index in [1.807, 2.05) is 87.0 Å². The van der Waals surface area contributed by atoms with Crippen LogP contribution in [0.5, 0.6) is 5.75 Å². The average Bonchev–Trinajstić information content (AvgIpc) is 3.35. The average molecular weight is 443 g/mol. The first kappa shape index (κ1) is 22.0. The lowest BCUT2D eigenvalue weighted by atomic mass is 10.1. The molecule has 2 aromatic heterocycles. The Morgan fingerprint density at radius 2 is 1.85 bits per heavy atom. The van der Waals surface area contributed by atoms with E-state index in [9.17, 15) is 4.79 Å². The van der Waals surface area contributed by atoms with Crippen LogP contribution in [0, 0.1) is 20.8 Å². The summed E-state index contributed by atoms with van der Waals surface area (Å²) in [5.74, 6) is 0.433. The van der Waals surface area contributed by atoms with Gasteiger partial charge in [0.25, 0.3) is 5.91 Å². The minimum atomic E-state index is -0.362. The highest BCUT2D eigenvalue weighted by molar-refractivity contribution is 5.96. The molecule has 0 spiro atoms. The highest BCUT2D eigenvalue weighted by Crippen LogP contribution is 2.25. The molecule has 8 nitrogen and oxygen atoms in total. The predicted molar refractivity (Wildman–Crippen MR) is 128 cm³/mol. The number of aryl methyl sites for hydroxylation is 1. The maximum absolute atomic E-state index is 12.7. The van der Waals surface area contributed by atoms with Crippen molar-refractivity contribution in [1.29, 1.82) is 0 Å². The number of hydrogen-bond donors (Lipinski definition) is 2. The molecule has 0 saturated heterocycles. The molecule has 33 heavy (non-hydrogen) atoms. The number of ether oxygens (including phenoxy) is 1. The van der Waals surface area contributed by atoms with E-state index < -0.39 is 0 Å². The minimum absolute atomic E-state index is 0.362. The van der Waals surface area contributed by atoms with Crippen molar-refractivity contribution in [2.75, 3.05) is 6.61 Å². The van der Waals surface area contributed by atoms with Crippen LogP contribution in [-0.4, -0.2) is 38.7 Å². The van der Waals surface area contributed by atoms with Crippen LogP contribution in [0.15, 0.2) is 59.7 Å². The van der Waals surface area contributed by atoms with Crippen LogP contribution in [0.2, 0.25) is 0 Å². The van der Waals surface area contributed by atoms with Gasteiger partial charge in [-0.05, 0) is 64.1 Å². The Morgan fingerprint density at radius 1 is 1.12 bits per heavy atom. The molecule has 2 heterocycles. The standard InChI is InChI=1S/C25H26N6O2/c1-5-33-21-13-11-19(12-14-21)23-16(2)24(28-27-23)25(32)29-26-15-22-17(3)30-31(18(22)4)20-9-7-6-8-10-20/h6-15H,5H2,1-4H3,(H,27,28)(H,29,32). The zero-order chi connectivity index (χ0) is 23.4. The summed E-state index contributed by atoms with van der Waals surface area (Å²) in [5.41, 5.74) is 8.89. The summed E-state index contributed by atoms with van der Waals surface area (Å²) >= 11 is 0. The fourth-order valence-corrected chi connectivity index (χ4v) is 3.65. The van der Waals surface area contributed by atoms with Gasteiger partial charge in [0.1, 0.15) is 11.4 Å². The Kier molecular flexibility index (Phi) is 6.35. The van der Waals surface area contributed by atoms with E-state index in [2.05, 4.69) is 25.8 Å². The quantitative estimate of drug-likeness (QED) is 0.328. The van der Waals surface area contributed by atoms with Gasteiger partial charge < -0.3 is 4.74 Å². The van der Waals surface area contributed by atoms with Gasteiger partial charge in [-0.1, -0.05) is 18.2 Å². The first-order valence-corrected chi connectivity index (χ1v) is 10.7. The maximum atomic E-state index is 12.7. The molecule has 0 aliphatic rings. The van der Waals surface area contributed by atoms with Crippen molar-refractivity contribution < 1.29 is 9.53 Å². The summed E-state index contributed by atoms with van der Waals surface area (Å²) in [5, 5.41) is 15.9. The van der Waals surface area contributed by atoms with Crippen LogP contribution in [-0.2, 0) is 0 Å². The Hall–Kier alpha value is -4.20. The third kappa shape index (κ3) is 4.55. The van der Waals surface area contributed by atoms with Gasteiger partial charge in [-0.2, -0.15) is 15.3 Å². The maximum Gasteiger partial charge on any atom is 0.289 e. The largest absolute Gasteiger partial charge is 0.494 e. The first-order valence-electron chi connectivity index (χ1n) is 10.7. The molecule has 0 saturated carbocycles. The molecule has 0 atom stereocenters. The van der Waals surface area contributed by atoms with Crippen LogP contribution in [0.25, 0.3) is 16.9 Å². The SMILES string of the molecule is CCOc1ccc(-c2n[nH]c(C(=O)NN=Cc3c(C)nn(-c4ccccc4)c3C)c2C)cc1. The Labute approximate surface area is 192 Å². The molecule has 2 aromatic carbocycles. The van der Waals surface area contributed by atoms with Crippen LogP contribution < -0.4 is 10.2 Å². The van der Waals surface area contributed by atoms with Crippen molar-refractivity contribution in [3.8, 4) is 22.7 Å². The third-order valence-corrected chi connectivity index (χ3v) is 5.38. The number of para-hydroxylation sites is 1. The number of nitrogens with one attached hydrogen (secondary N) is 2. The molecular formula is C25H26N6O2. The van der Waals surface area contributed by atoms with Gasteiger partial charge in [0.2, 0.25) is 0 Å². The summed E-state index contributed by atoms with van der Waals surface area (Å²) in [6, 6.07) is 17.5. The van der Waals surface area contributed by atoms with E-state index in [4.69, 9.17) is 4.74 Å². The number of hydrogen-bond acceptors (Lipinski definition) is 5. The summed E-state index contributed by atoms with van der Waals surface area (Å²) < 4.78 is 7.34. The van der Waals surface area contributed by atoms with Crippen molar-refractivity contribution >= 4 is 12.1 Å². The molecule has 4 aromatic rings. The van der Waals surface area contributed by atoms with E-state index in [0.29, 0.717) is 18.0 Å². The summed E-state index contributed by atoms with van der Waals surface area (Å²) in [7, 11) is 0. The molecule has 2 N–H and O–H groups in total. The first-order chi connectivity index (χ1) is 16.0.